The second-order valence-electron chi connectivity index (χ2n) is 8.11. The van der Waals surface area contributed by atoms with Crippen LogP contribution in [0, 0.1) is 5.92 Å². The second-order valence-corrected chi connectivity index (χ2v) is 8.11. The lowest BCUT2D eigenvalue weighted by atomic mass is 9.97. The number of piperidine rings is 2. The number of nitrogens with zero attached hydrogens (tertiary/aromatic N) is 5. The molecule has 5 heterocycles. The van der Waals surface area contributed by atoms with E-state index in [0.29, 0.717) is 5.92 Å². The molecule has 0 unspecified atom stereocenters. The molecule has 3 aromatic rings. The third-order valence-electron chi connectivity index (χ3n) is 6.07. The predicted molar refractivity (Wildman–Crippen MR) is 104 cm³/mol. The molecule has 0 spiro atoms. The maximum atomic E-state index is 13.1. The molecule has 2 aliphatic heterocycles. The fraction of sp³-hybridized carbons (Fsp3) is 0.550. The van der Waals surface area contributed by atoms with E-state index in [1.807, 2.05) is 29.6 Å². The van der Waals surface area contributed by atoms with E-state index in [4.69, 9.17) is 4.98 Å². The van der Waals surface area contributed by atoms with E-state index in [0.717, 1.165) is 67.9 Å². The average Bonchev–Trinajstić information content (AvgIpc) is 3.33. The van der Waals surface area contributed by atoms with E-state index in [9.17, 15) is 4.79 Å². The van der Waals surface area contributed by atoms with Crippen LogP contribution in [0.5, 0.6) is 0 Å². The third-order valence-corrected chi connectivity index (χ3v) is 6.07. The van der Waals surface area contributed by atoms with E-state index in [2.05, 4.69) is 26.2 Å². The fourth-order valence-corrected chi connectivity index (χ4v) is 4.71. The van der Waals surface area contributed by atoms with Crippen molar-refractivity contribution in [1.29, 1.82) is 0 Å². The Labute approximate surface area is 158 Å². The Morgan fingerprint density at radius 2 is 1.89 bits per heavy atom. The van der Waals surface area contributed by atoms with Crippen molar-refractivity contribution in [3.63, 3.8) is 0 Å². The minimum absolute atomic E-state index is 0.209. The first kappa shape index (κ1) is 16.6. The zero-order valence-electron chi connectivity index (χ0n) is 15.8. The average molecular weight is 366 g/mol. The fourth-order valence-electron chi connectivity index (χ4n) is 4.71. The first-order valence-electron chi connectivity index (χ1n) is 10.0. The number of rotatable bonds is 1. The highest BCUT2D eigenvalue weighted by molar-refractivity contribution is 5.76. The summed E-state index contributed by atoms with van der Waals surface area (Å²) in [4.78, 5) is 29.5. The summed E-state index contributed by atoms with van der Waals surface area (Å²) in [5.74, 6) is 1.91. The number of fused-ring (bicyclic) bond motifs is 3. The normalized spacial score (nSPS) is 24.0. The molecule has 7 nitrogen and oxygen atoms in total. The van der Waals surface area contributed by atoms with Crippen LogP contribution in [-0.4, -0.2) is 61.4 Å². The van der Waals surface area contributed by atoms with Crippen molar-refractivity contribution < 1.29 is 4.79 Å². The van der Waals surface area contributed by atoms with Crippen molar-refractivity contribution in [2.24, 2.45) is 5.92 Å². The Balaban J connectivity index is 1.42. The van der Waals surface area contributed by atoms with E-state index in [1.54, 1.807) is 0 Å². The van der Waals surface area contributed by atoms with Crippen LogP contribution in [0.15, 0.2) is 24.7 Å². The van der Waals surface area contributed by atoms with Gasteiger partial charge in [0.25, 0.3) is 0 Å². The number of nitrogens with one attached hydrogen (secondary N) is 1. The number of carbonyl (C=O) groups is 1. The second kappa shape index (κ2) is 6.55. The smallest absolute Gasteiger partial charge is 0.320 e. The maximum Gasteiger partial charge on any atom is 0.320 e. The Kier molecular flexibility index (Phi) is 4.02. The number of carbonyl (C=O) groups excluding carboxylic acids is 1. The van der Waals surface area contributed by atoms with Gasteiger partial charge < -0.3 is 14.8 Å². The molecule has 1 N–H and O–H groups in total. The Morgan fingerprint density at radius 3 is 2.74 bits per heavy atom. The van der Waals surface area contributed by atoms with Gasteiger partial charge in [0.1, 0.15) is 5.82 Å². The van der Waals surface area contributed by atoms with Gasteiger partial charge in [-0.05, 0) is 37.7 Å². The Morgan fingerprint density at radius 1 is 1.11 bits per heavy atom. The highest BCUT2D eigenvalue weighted by Gasteiger charge is 2.31. The largest absolute Gasteiger partial charge is 0.345 e. The number of aromatic nitrogens is 4. The first-order valence-corrected chi connectivity index (χ1v) is 10.0. The molecule has 2 fully saturated rings. The van der Waals surface area contributed by atoms with Crippen LogP contribution in [-0.2, 0) is 0 Å². The summed E-state index contributed by atoms with van der Waals surface area (Å²) in [6, 6.07) is 2.25. The standard InChI is InChI=1S/C20H26N6O/c1-14-4-2-8-24(12-14)20(27)25-9-3-5-15(13-25)19-23-11-16-10-22-18-17(26(16)19)6-7-21-18/h6-7,10-11,14-15,21H,2-5,8-9,12-13H2,1H3/t14-,15-/m1/s1. The van der Waals surface area contributed by atoms with Crippen LogP contribution in [0.1, 0.15) is 44.3 Å². The van der Waals surface area contributed by atoms with Gasteiger partial charge in [0.2, 0.25) is 0 Å². The van der Waals surface area contributed by atoms with Crippen LogP contribution in [0.2, 0.25) is 0 Å². The summed E-state index contributed by atoms with van der Waals surface area (Å²) in [5.41, 5.74) is 2.92. The van der Waals surface area contributed by atoms with Crippen molar-refractivity contribution in [3.8, 4) is 0 Å². The molecule has 0 saturated carbocycles. The van der Waals surface area contributed by atoms with Crippen molar-refractivity contribution in [2.45, 2.75) is 38.5 Å². The molecule has 2 amide bonds. The van der Waals surface area contributed by atoms with Gasteiger partial charge in [0.15, 0.2) is 5.65 Å². The van der Waals surface area contributed by atoms with E-state index in [-0.39, 0.29) is 11.9 Å². The van der Waals surface area contributed by atoms with Gasteiger partial charge in [-0.1, -0.05) is 6.92 Å². The van der Waals surface area contributed by atoms with Crippen LogP contribution in [0.3, 0.4) is 0 Å². The molecule has 2 saturated heterocycles. The maximum absolute atomic E-state index is 13.1. The Bertz CT molecular complexity index is 975. The number of urea groups is 1. The number of hydrogen-bond donors (Lipinski definition) is 1. The lowest BCUT2D eigenvalue weighted by molar-refractivity contribution is 0.119. The monoisotopic (exact) mass is 366 g/mol. The lowest BCUT2D eigenvalue weighted by Crippen LogP contribution is -2.50. The van der Waals surface area contributed by atoms with E-state index < -0.39 is 0 Å². The summed E-state index contributed by atoms with van der Waals surface area (Å²) in [6.45, 7) is 5.63. The molecule has 2 atom stereocenters. The molecular weight excluding hydrogens is 340 g/mol. The molecule has 0 aliphatic carbocycles. The number of likely N-dealkylation sites (tertiary alicyclic amines) is 2. The summed E-state index contributed by atoms with van der Waals surface area (Å²) in [5, 5.41) is 0. The van der Waals surface area contributed by atoms with Crippen LogP contribution in [0.25, 0.3) is 16.7 Å². The molecular formula is C20H26N6O. The molecule has 142 valence electrons. The van der Waals surface area contributed by atoms with Gasteiger partial charge in [-0.15, -0.1) is 0 Å². The van der Waals surface area contributed by atoms with E-state index >= 15 is 0 Å². The molecule has 27 heavy (non-hydrogen) atoms. The van der Waals surface area contributed by atoms with Gasteiger partial charge in [-0.3, -0.25) is 4.40 Å². The number of aromatic amines is 1. The third kappa shape index (κ3) is 2.85. The van der Waals surface area contributed by atoms with Gasteiger partial charge in [0.05, 0.1) is 23.4 Å². The predicted octanol–water partition coefficient (Wildman–Crippen LogP) is 3.24. The summed E-state index contributed by atoms with van der Waals surface area (Å²) in [6.07, 6.45) is 10.1. The van der Waals surface area contributed by atoms with Crippen molar-refractivity contribution in [2.75, 3.05) is 26.2 Å². The number of imidazole rings is 1. The molecule has 7 heteroatoms. The number of amides is 2. The van der Waals surface area contributed by atoms with Crippen LogP contribution < -0.4 is 0 Å². The SMILES string of the molecule is C[C@@H]1CCCN(C(=O)N2CCC[C@@H](c3ncc4cnc5[nH]ccc5n34)C2)C1. The summed E-state index contributed by atoms with van der Waals surface area (Å²) < 4.78 is 2.19. The van der Waals surface area contributed by atoms with Crippen LogP contribution in [0.4, 0.5) is 4.79 Å². The highest BCUT2D eigenvalue weighted by atomic mass is 16.2. The highest BCUT2D eigenvalue weighted by Crippen LogP contribution is 2.29. The molecule has 3 aromatic heterocycles. The minimum Gasteiger partial charge on any atom is -0.345 e. The first-order chi connectivity index (χ1) is 13.2. The zero-order valence-corrected chi connectivity index (χ0v) is 15.8. The molecule has 0 aromatic carbocycles. The van der Waals surface area contributed by atoms with Gasteiger partial charge in [0, 0.05) is 38.3 Å². The van der Waals surface area contributed by atoms with Gasteiger partial charge in [-0.25, -0.2) is 14.8 Å². The van der Waals surface area contributed by atoms with Gasteiger partial charge in [-0.2, -0.15) is 0 Å². The van der Waals surface area contributed by atoms with E-state index in [1.165, 1.54) is 6.42 Å². The van der Waals surface area contributed by atoms with Crippen molar-refractivity contribution >= 4 is 22.7 Å². The van der Waals surface area contributed by atoms with Gasteiger partial charge >= 0.3 is 6.03 Å². The summed E-state index contributed by atoms with van der Waals surface area (Å²) in [7, 11) is 0. The van der Waals surface area contributed by atoms with Crippen molar-refractivity contribution in [1.82, 2.24) is 29.2 Å². The summed E-state index contributed by atoms with van der Waals surface area (Å²) >= 11 is 0. The van der Waals surface area contributed by atoms with Crippen LogP contribution >= 0.6 is 0 Å². The Hall–Kier alpha value is -2.57. The van der Waals surface area contributed by atoms with Crippen molar-refractivity contribution in [3.05, 3.63) is 30.5 Å². The molecule has 0 bridgehead atoms. The minimum atomic E-state index is 0.209. The molecule has 0 radical (unpaired) electrons. The quantitative estimate of drug-likeness (QED) is 0.719. The molecule has 2 aliphatic rings. The lowest BCUT2D eigenvalue weighted by Gasteiger charge is -2.38. The topological polar surface area (TPSA) is 69.5 Å². The molecule has 5 rings (SSSR count). The number of hydrogen-bond acceptors (Lipinski definition) is 3. The zero-order chi connectivity index (χ0) is 18.4. The number of H-pyrrole nitrogens is 1.